The third kappa shape index (κ3) is 3.39. The molecule has 1 heterocycles. The van der Waals surface area contributed by atoms with Crippen LogP contribution in [0.1, 0.15) is 18.2 Å². The summed E-state index contributed by atoms with van der Waals surface area (Å²) in [6.07, 6.45) is 2.02. The molecule has 4 nitrogen and oxygen atoms in total. The number of carbonyl (C=O) groups is 1. The van der Waals surface area contributed by atoms with Crippen LogP contribution in [-0.4, -0.2) is 27.6 Å². The highest BCUT2D eigenvalue weighted by Crippen LogP contribution is 2.17. The Morgan fingerprint density at radius 1 is 1.35 bits per heavy atom. The number of nitrogens with zero attached hydrogens (tertiary/aromatic N) is 3. The lowest BCUT2D eigenvalue weighted by molar-refractivity contribution is -0.129. The van der Waals surface area contributed by atoms with E-state index in [-0.39, 0.29) is 5.91 Å². The standard InChI is InChI=1S/C15H18ClN3O/c1-3-19-14(13(16)10-17-19)11-18(2)15(20)9-12-7-5-4-6-8-12/h4-8,10H,3,9,11H2,1-2H3. The lowest BCUT2D eigenvalue weighted by Crippen LogP contribution is -2.29. The molecule has 2 rings (SSSR count). The van der Waals surface area contributed by atoms with Gasteiger partial charge in [-0.1, -0.05) is 41.9 Å². The third-order valence-corrected chi connectivity index (χ3v) is 3.52. The van der Waals surface area contributed by atoms with Crippen molar-refractivity contribution >= 4 is 17.5 Å². The van der Waals surface area contributed by atoms with Crippen LogP contribution in [0.5, 0.6) is 0 Å². The van der Waals surface area contributed by atoms with Gasteiger partial charge in [0, 0.05) is 13.6 Å². The van der Waals surface area contributed by atoms with Gasteiger partial charge in [-0.05, 0) is 12.5 Å². The second kappa shape index (κ2) is 6.57. The van der Waals surface area contributed by atoms with Gasteiger partial charge in [0.2, 0.25) is 5.91 Å². The predicted octanol–water partition coefficient (Wildman–Crippen LogP) is 2.76. The van der Waals surface area contributed by atoms with Crippen molar-refractivity contribution in [2.75, 3.05) is 7.05 Å². The molecule has 0 radical (unpaired) electrons. The molecule has 0 aliphatic rings. The van der Waals surface area contributed by atoms with Gasteiger partial charge in [-0.2, -0.15) is 5.10 Å². The smallest absolute Gasteiger partial charge is 0.227 e. The first kappa shape index (κ1) is 14.6. The third-order valence-electron chi connectivity index (χ3n) is 3.21. The summed E-state index contributed by atoms with van der Waals surface area (Å²) in [6.45, 7) is 3.21. The maximum atomic E-state index is 12.2. The number of likely N-dealkylation sites (N-methyl/N-ethyl adjacent to an activating group) is 1. The fraction of sp³-hybridized carbons (Fsp3) is 0.333. The van der Waals surface area contributed by atoms with Gasteiger partial charge in [0.15, 0.2) is 0 Å². The Kier molecular flexibility index (Phi) is 4.79. The first-order valence-corrected chi connectivity index (χ1v) is 6.97. The zero-order chi connectivity index (χ0) is 14.5. The summed E-state index contributed by atoms with van der Waals surface area (Å²) in [5, 5.41) is 4.78. The second-order valence-corrected chi connectivity index (χ2v) is 5.07. The number of amides is 1. The van der Waals surface area contributed by atoms with E-state index in [4.69, 9.17) is 11.6 Å². The van der Waals surface area contributed by atoms with Crippen LogP contribution in [0.2, 0.25) is 5.02 Å². The summed E-state index contributed by atoms with van der Waals surface area (Å²) in [7, 11) is 1.79. The van der Waals surface area contributed by atoms with E-state index in [9.17, 15) is 4.79 Å². The van der Waals surface area contributed by atoms with Crippen LogP contribution in [0.3, 0.4) is 0 Å². The maximum Gasteiger partial charge on any atom is 0.227 e. The van der Waals surface area contributed by atoms with Crippen LogP contribution in [0.25, 0.3) is 0 Å². The number of hydrogen-bond acceptors (Lipinski definition) is 2. The molecule has 0 unspecified atom stereocenters. The molecule has 1 amide bonds. The van der Waals surface area contributed by atoms with Gasteiger partial charge in [0.05, 0.1) is 29.9 Å². The topological polar surface area (TPSA) is 38.1 Å². The Morgan fingerprint density at radius 2 is 2.05 bits per heavy atom. The highest BCUT2D eigenvalue weighted by molar-refractivity contribution is 6.31. The van der Waals surface area contributed by atoms with Gasteiger partial charge in [0.25, 0.3) is 0 Å². The van der Waals surface area contributed by atoms with E-state index in [0.29, 0.717) is 18.0 Å². The van der Waals surface area contributed by atoms with E-state index in [0.717, 1.165) is 17.8 Å². The number of halogens is 1. The summed E-state index contributed by atoms with van der Waals surface area (Å²) in [6, 6.07) is 9.72. The van der Waals surface area contributed by atoms with Gasteiger partial charge in [-0.25, -0.2) is 0 Å². The van der Waals surface area contributed by atoms with Crippen molar-refractivity contribution in [3.05, 3.63) is 52.8 Å². The van der Waals surface area contributed by atoms with Crippen molar-refractivity contribution in [3.63, 3.8) is 0 Å². The van der Waals surface area contributed by atoms with Crippen molar-refractivity contribution in [3.8, 4) is 0 Å². The molecule has 0 aliphatic heterocycles. The summed E-state index contributed by atoms with van der Waals surface area (Å²) in [4.78, 5) is 13.9. The van der Waals surface area contributed by atoms with Crippen molar-refractivity contribution in [1.82, 2.24) is 14.7 Å². The Morgan fingerprint density at radius 3 is 2.70 bits per heavy atom. The van der Waals surface area contributed by atoms with E-state index in [1.54, 1.807) is 18.1 Å². The summed E-state index contributed by atoms with van der Waals surface area (Å²) in [5.74, 6) is 0.0659. The number of aromatic nitrogens is 2. The molecule has 1 aromatic heterocycles. The number of carbonyl (C=O) groups excluding carboxylic acids is 1. The first-order chi connectivity index (χ1) is 9.61. The minimum Gasteiger partial charge on any atom is -0.340 e. The molecule has 0 saturated carbocycles. The average Bonchev–Trinajstić information content (AvgIpc) is 2.80. The van der Waals surface area contributed by atoms with Gasteiger partial charge >= 0.3 is 0 Å². The number of aryl methyl sites for hydroxylation is 1. The molecule has 2 aromatic rings. The molecule has 0 saturated heterocycles. The average molecular weight is 292 g/mol. The molecule has 5 heteroatoms. The quantitative estimate of drug-likeness (QED) is 0.849. The molecule has 106 valence electrons. The van der Waals surface area contributed by atoms with Crippen molar-refractivity contribution in [1.29, 1.82) is 0 Å². The van der Waals surface area contributed by atoms with E-state index in [1.165, 1.54) is 0 Å². The summed E-state index contributed by atoms with van der Waals surface area (Å²) < 4.78 is 1.81. The van der Waals surface area contributed by atoms with Crippen LogP contribution < -0.4 is 0 Å². The molecule has 0 N–H and O–H groups in total. The Hall–Kier alpha value is -1.81. The van der Waals surface area contributed by atoms with Crippen molar-refractivity contribution in [2.24, 2.45) is 0 Å². The number of rotatable bonds is 5. The monoisotopic (exact) mass is 291 g/mol. The van der Waals surface area contributed by atoms with Crippen molar-refractivity contribution < 1.29 is 4.79 Å². The van der Waals surface area contributed by atoms with Crippen LogP contribution in [0, 0.1) is 0 Å². The summed E-state index contributed by atoms with van der Waals surface area (Å²) >= 11 is 6.11. The highest BCUT2D eigenvalue weighted by Gasteiger charge is 2.15. The molecule has 0 atom stereocenters. The lowest BCUT2D eigenvalue weighted by atomic mass is 10.1. The first-order valence-electron chi connectivity index (χ1n) is 6.60. The minimum atomic E-state index is 0.0659. The normalized spacial score (nSPS) is 10.6. The zero-order valence-corrected chi connectivity index (χ0v) is 12.5. The van der Waals surface area contributed by atoms with E-state index in [2.05, 4.69) is 5.10 Å². The minimum absolute atomic E-state index is 0.0659. The fourth-order valence-corrected chi connectivity index (χ4v) is 2.24. The van der Waals surface area contributed by atoms with Gasteiger partial charge < -0.3 is 4.90 Å². The molecule has 0 bridgehead atoms. The van der Waals surface area contributed by atoms with Gasteiger partial charge in [0.1, 0.15) is 0 Å². The SMILES string of the molecule is CCn1ncc(Cl)c1CN(C)C(=O)Cc1ccccc1. The second-order valence-electron chi connectivity index (χ2n) is 4.67. The van der Waals surface area contributed by atoms with Crippen LogP contribution in [0.15, 0.2) is 36.5 Å². The van der Waals surface area contributed by atoms with Crippen LogP contribution >= 0.6 is 11.6 Å². The lowest BCUT2D eigenvalue weighted by Gasteiger charge is -2.18. The van der Waals surface area contributed by atoms with E-state index >= 15 is 0 Å². The molecule has 20 heavy (non-hydrogen) atoms. The molecule has 1 aromatic carbocycles. The van der Waals surface area contributed by atoms with Gasteiger partial charge in [-0.3, -0.25) is 9.48 Å². The number of benzene rings is 1. The fourth-order valence-electron chi connectivity index (χ4n) is 2.04. The molecular weight excluding hydrogens is 274 g/mol. The van der Waals surface area contributed by atoms with Gasteiger partial charge in [-0.15, -0.1) is 0 Å². The largest absolute Gasteiger partial charge is 0.340 e. The molecule has 0 spiro atoms. The van der Waals surface area contributed by atoms with Crippen LogP contribution in [-0.2, 0) is 24.3 Å². The summed E-state index contributed by atoms with van der Waals surface area (Å²) in [5.41, 5.74) is 1.89. The zero-order valence-electron chi connectivity index (χ0n) is 11.7. The Balaban J connectivity index is 2.02. The van der Waals surface area contributed by atoms with E-state index < -0.39 is 0 Å². The predicted molar refractivity (Wildman–Crippen MR) is 79.5 cm³/mol. The Bertz CT molecular complexity index is 580. The number of hydrogen-bond donors (Lipinski definition) is 0. The van der Waals surface area contributed by atoms with Crippen LogP contribution in [0.4, 0.5) is 0 Å². The Labute approximate surface area is 124 Å². The van der Waals surface area contributed by atoms with E-state index in [1.807, 2.05) is 41.9 Å². The molecule has 0 fully saturated rings. The van der Waals surface area contributed by atoms with Crippen molar-refractivity contribution in [2.45, 2.75) is 26.4 Å². The molecular formula is C15H18ClN3O. The highest BCUT2D eigenvalue weighted by atomic mass is 35.5. The molecule has 0 aliphatic carbocycles. The maximum absolute atomic E-state index is 12.2.